The molecule has 0 spiro atoms. The van der Waals surface area contributed by atoms with Gasteiger partial charge in [-0.3, -0.25) is 0 Å². The number of nitrogens with zero attached hydrogens (tertiary/aromatic N) is 1. The van der Waals surface area contributed by atoms with E-state index in [9.17, 15) is 0 Å². The molecule has 1 N–H and O–H groups in total. The van der Waals surface area contributed by atoms with Gasteiger partial charge in [-0.25, -0.2) is 4.98 Å². The summed E-state index contributed by atoms with van der Waals surface area (Å²) in [5.74, 6) is 0.674. The van der Waals surface area contributed by atoms with Gasteiger partial charge in [-0.1, -0.05) is 30.3 Å². The largest absolute Gasteiger partial charge is 0.458 e. The summed E-state index contributed by atoms with van der Waals surface area (Å²) in [4.78, 5) is 5.61. The van der Waals surface area contributed by atoms with Crippen molar-refractivity contribution in [2.45, 2.75) is 26.1 Å². The van der Waals surface area contributed by atoms with Crippen LogP contribution in [-0.2, 0) is 22.3 Å². The highest BCUT2D eigenvalue weighted by Crippen LogP contribution is 2.30. The molecular formula is C16H17NO3S. The maximum absolute atomic E-state index is 9.02. The second-order valence-corrected chi connectivity index (χ2v) is 6.05. The van der Waals surface area contributed by atoms with Crippen LogP contribution in [0, 0.1) is 6.92 Å². The number of rotatable bonds is 5. The van der Waals surface area contributed by atoms with Crippen LogP contribution in [0.2, 0.25) is 0 Å². The lowest BCUT2D eigenvalue weighted by Crippen LogP contribution is -2.11. The van der Waals surface area contributed by atoms with Crippen LogP contribution in [0.3, 0.4) is 0 Å². The molecule has 0 bridgehead atoms. The standard InChI is InChI=1S/C16H17NO3S/c1-11-13(7-8-18)17-16(21-11)14-10-19-15(20-14)9-12-5-3-2-4-6-12/h2-6,10,15,18H,7-9H2,1H3. The first-order valence-electron chi connectivity index (χ1n) is 6.90. The topological polar surface area (TPSA) is 51.6 Å². The number of aliphatic hydroxyl groups is 1. The Hall–Kier alpha value is -1.85. The van der Waals surface area contributed by atoms with E-state index >= 15 is 0 Å². The molecule has 4 nitrogen and oxygen atoms in total. The fourth-order valence-electron chi connectivity index (χ4n) is 2.20. The number of hydrogen-bond donors (Lipinski definition) is 1. The molecule has 0 saturated carbocycles. The summed E-state index contributed by atoms with van der Waals surface area (Å²) in [7, 11) is 0. The van der Waals surface area contributed by atoms with Crippen molar-refractivity contribution in [1.82, 2.24) is 4.98 Å². The third kappa shape index (κ3) is 3.25. The van der Waals surface area contributed by atoms with Crippen molar-refractivity contribution >= 4 is 17.1 Å². The highest BCUT2D eigenvalue weighted by molar-refractivity contribution is 7.12. The molecule has 1 aliphatic rings. The van der Waals surface area contributed by atoms with E-state index in [1.807, 2.05) is 25.1 Å². The van der Waals surface area contributed by atoms with E-state index < -0.39 is 0 Å². The van der Waals surface area contributed by atoms with E-state index in [1.54, 1.807) is 17.6 Å². The summed E-state index contributed by atoms with van der Waals surface area (Å²) in [5, 5.41) is 9.83. The Labute approximate surface area is 127 Å². The first kappa shape index (κ1) is 14.1. The van der Waals surface area contributed by atoms with Gasteiger partial charge in [0.2, 0.25) is 6.29 Å². The Morgan fingerprint density at radius 1 is 1.29 bits per heavy atom. The van der Waals surface area contributed by atoms with Gasteiger partial charge in [0.25, 0.3) is 0 Å². The van der Waals surface area contributed by atoms with Gasteiger partial charge in [-0.05, 0) is 12.5 Å². The van der Waals surface area contributed by atoms with Crippen molar-refractivity contribution in [3.05, 3.63) is 57.7 Å². The molecule has 0 amide bonds. The van der Waals surface area contributed by atoms with E-state index in [1.165, 1.54) is 5.56 Å². The van der Waals surface area contributed by atoms with Crippen LogP contribution in [0.15, 0.2) is 36.6 Å². The Bertz CT molecular complexity index is 636. The Balaban J connectivity index is 1.65. The van der Waals surface area contributed by atoms with Crippen molar-refractivity contribution in [2.75, 3.05) is 6.61 Å². The number of aryl methyl sites for hydroxylation is 1. The highest BCUT2D eigenvalue weighted by Gasteiger charge is 2.24. The quantitative estimate of drug-likeness (QED) is 0.923. The maximum Gasteiger partial charge on any atom is 0.244 e. The SMILES string of the molecule is Cc1sc(C2=COC(Cc3ccccc3)O2)nc1CCO. The molecule has 0 saturated heterocycles. The molecule has 21 heavy (non-hydrogen) atoms. The van der Waals surface area contributed by atoms with Crippen LogP contribution >= 0.6 is 11.3 Å². The van der Waals surface area contributed by atoms with Crippen LogP contribution in [0.25, 0.3) is 5.76 Å². The predicted molar refractivity (Wildman–Crippen MR) is 81.7 cm³/mol. The fourth-order valence-corrected chi connectivity index (χ4v) is 3.11. The Morgan fingerprint density at radius 2 is 2.10 bits per heavy atom. The summed E-state index contributed by atoms with van der Waals surface area (Å²) in [5.41, 5.74) is 2.10. The zero-order valence-corrected chi connectivity index (χ0v) is 12.6. The van der Waals surface area contributed by atoms with Crippen LogP contribution in [0.1, 0.15) is 21.1 Å². The molecule has 1 unspecified atom stereocenters. The van der Waals surface area contributed by atoms with Crippen LogP contribution in [-0.4, -0.2) is 23.0 Å². The molecular weight excluding hydrogens is 286 g/mol. The molecule has 1 aliphatic heterocycles. The highest BCUT2D eigenvalue weighted by atomic mass is 32.1. The van der Waals surface area contributed by atoms with Gasteiger partial charge in [-0.2, -0.15) is 0 Å². The molecule has 0 radical (unpaired) electrons. The molecule has 3 rings (SSSR count). The summed E-state index contributed by atoms with van der Waals surface area (Å²) < 4.78 is 11.4. The first-order valence-corrected chi connectivity index (χ1v) is 7.71. The van der Waals surface area contributed by atoms with Crippen LogP contribution in [0.5, 0.6) is 0 Å². The molecule has 2 aromatic rings. The number of aromatic nitrogens is 1. The van der Waals surface area contributed by atoms with Crippen LogP contribution < -0.4 is 0 Å². The van der Waals surface area contributed by atoms with E-state index in [0.717, 1.165) is 15.6 Å². The van der Waals surface area contributed by atoms with Gasteiger partial charge in [-0.15, -0.1) is 11.3 Å². The second-order valence-electron chi connectivity index (χ2n) is 4.85. The second kappa shape index (κ2) is 6.28. The van der Waals surface area contributed by atoms with E-state index in [-0.39, 0.29) is 12.9 Å². The lowest BCUT2D eigenvalue weighted by atomic mass is 10.1. The molecule has 1 aromatic carbocycles. The lowest BCUT2D eigenvalue weighted by molar-refractivity contribution is -0.0136. The number of benzene rings is 1. The predicted octanol–water partition coefficient (Wildman–Crippen LogP) is 2.90. The van der Waals surface area contributed by atoms with Crippen molar-refractivity contribution < 1.29 is 14.6 Å². The minimum atomic E-state index is -0.298. The average Bonchev–Trinajstić information content (AvgIpc) is 3.08. The molecule has 0 aliphatic carbocycles. The van der Waals surface area contributed by atoms with Gasteiger partial charge in [0.1, 0.15) is 6.26 Å². The number of ether oxygens (including phenoxy) is 2. The van der Waals surface area contributed by atoms with Crippen LogP contribution in [0.4, 0.5) is 0 Å². The normalized spacial score (nSPS) is 17.2. The molecule has 110 valence electrons. The summed E-state index contributed by atoms with van der Waals surface area (Å²) in [6.45, 7) is 2.11. The van der Waals surface area contributed by atoms with Crippen molar-refractivity contribution in [3.8, 4) is 0 Å². The Morgan fingerprint density at radius 3 is 2.86 bits per heavy atom. The van der Waals surface area contributed by atoms with E-state index in [2.05, 4.69) is 17.1 Å². The zero-order valence-electron chi connectivity index (χ0n) is 11.8. The summed E-state index contributed by atoms with van der Waals surface area (Å²) in [6.07, 6.45) is 2.61. The number of hydrogen-bond acceptors (Lipinski definition) is 5. The molecule has 5 heteroatoms. The first-order chi connectivity index (χ1) is 10.3. The third-order valence-corrected chi connectivity index (χ3v) is 4.31. The van der Waals surface area contributed by atoms with E-state index in [0.29, 0.717) is 18.6 Å². The molecule has 1 atom stereocenters. The van der Waals surface area contributed by atoms with Gasteiger partial charge in [0, 0.05) is 24.3 Å². The minimum absolute atomic E-state index is 0.108. The monoisotopic (exact) mass is 303 g/mol. The molecule has 2 heterocycles. The van der Waals surface area contributed by atoms with E-state index in [4.69, 9.17) is 14.6 Å². The van der Waals surface area contributed by atoms with Gasteiger partial charge in [0.15, 0.2) is 10.8 Å². The fraction of sp³-hybridized carbons (Fsp3) is 0.312. The minimum Gasteiger partial charge on any atom is -0.458 e. The number of aliphatic hydroxyl groups excluding tert-OH is 1. The zero-order chi connectivity index (χ0) is 14.7. The number of thiazole rings is 1. The van der Waals surface area contributed by atoms with Gasteiger partial charge in [0.05, 0.1) is 5.69 Å². The van der Waals surface area contributed by atoms with Crippen molar-refractivity contribution in [2.24, 2.45) is 0 Å². The maximum atomic E-state index is 9.02. The van der Waals surface area contributed by atoms with Crippen molar-refractivity contribution in [1.29, 1.82) is 0 Å². The average molecular weight is 303 g/mol. The molecule has 1 aromatic heterocycles. The molecule has 0 fully saturated rings. The smallest absolute Gasteiger partial charge is 0.244 e. The summed E-state index contributed by atoms with van der Waals surface area (Å²) in [6, 6.07) is 10.1. The Kier molecular flexibility index (Phi) is 4.22. The van der Waals surface area contributed by atoms with Gasteiger partial charge < -0.3 is 14.6 Å². The summed E-state index contributed by atoms with van der Waals surface area (Å²) >= 11 is 1.56. The van der Waals surface area contributed by atoms with Crippen molar-refractivity contribution in [3.63, 3.8) is 0 Å². The van der Waals surface area contributed by atoms with Gasteiger partial charge >= 0.3 is 0 Å². The lowest BCUT2D eigenvalue weighted by Gasteiger charge is -2.11. The third-order valence-electron chi connectivity index (χ3n) is 3.28.